The van der Waals surface area contributed by atoms with E-state index in [0.717, 1.165) is 15.0 Å². The molecule has 0 aliphatic rings. The van der Waals surface area contributed by atoms with Crippen molar-refractivity contribution in [3.05, 3.63) is 35.9 Å². The SMILES string of the molecule is CCN(CC)C[Se]Cc1ccccc1. The Labute approximate surface area is 93.7 Å². The van der Waals surface area contributed by atoms with E-state index in [2.05, 4.69) is 49.1 Å². The zero-order valence-corrected chi connectivity index (χ0v) is 10.8. The second-order valence-electron chi connectivity index (χ2n) is 3.27. The number of nitrogens with zero attached hydrogens (tertiary/aromatic N) is 1. The first-order chi connectivity index (χ1) is 6.86. The molecule has 0 N–H and O–H groups in total. The Hall–Kier alpha value is -0.301. The molecule has 78 valence electrons. The van der Waals surface area contributed by atoms with Gasteiger partial charge >= 0.3 is 93.5 Å². The Kier molecular flexibility index (Phi) is 5.93. The summed E-state index contributed by atoms with van der Waals surface area (Å²) in [6.45, 7) is 6.85. The molecule has 0 aromatic heterocycles. The van der Waals surface area contributed by atoms with Crippen molar-refractivity contribution < 1.29 is 0 Å². The van der Waals surface area contributed by atoms with E-state index in [0.29, 0.717) is 0 Å². The Bertz CT molecular complexity index is 231. The first kappa shape index (κ1) is 11.8. The summed E-state index contributed by atoms with van der Waals surface area (Å²) >= 11 is 0.730. The number of hydrogen-bond donors (Lipinski definition) is 0. The van der Waals surface area contributed by atoms with Crippen molar-refractivity contribution in [2.24, 2.45) is 0 Å². The van der Waals surface area contributed by atoms with Crippen molar-refractivity contribution in [2.45, 2.75) is 19.2 Å². The molecule has 2 heteroatoms. The van der Waals surface area contributed by atoms with Crippen LogP contribution < -0.4 is 0 Å². The van der Waals surface area contributed by atoms with Gasteiger partial charge in [0, 0.05) is 0 Å². The minimum absolute atomic E-state index is 0.730. The van der Waals surface area contributed by atoms with Crippen LogP contribution >= 0.6 is 0 Å². The normalized spacial score (nSPS) is 10.8. The maximum absolute atomic E-state index is 2.50. The average molecular weight is 256 g/mol. The Morgan fingerprint density at radius 3 is 2.29 bits per heavy atom. The Balaban J connectivity index is 2.21. The molecule has 1 nitrogen and oxygen atoms in total. The molecule has 0 spiro atoms. The molecule has 0 aliphatic heterocycles. The molecule has 0 unspecified atom stereocenters. The molecule has 0 heterocycles. The fourth-order valence-electron chi connectivity index (χ4n) is 1.27. The molecule has 1 aromatic rings. The van der Waals surface area contributed by atoms with E-state index in [-0.39, 0.29) is 0 Å². The van der Waals surface area contributed by atoms with E-state index < -0.39 is 0 Å². The van der Waals surface area contributed by atoms with Gasteiger partial charge in [-0.2, -0.15) is 0 Å². The Morgan fingerprint density at radius 2 is 1.71 bits per heavy atom. The quantitative estimate of drug-likeness (QED) is 0.705. The number of rotatable bonds is 6. The van der Waals surface area contributed by atoms with Gasteiger partial charge in [-0.3, -0.25) is 0 Å². The van der Waals surface area contributed by atoms with Gasteiger partial charge < -0.3 is 0 Å². The van der Waals surface area contributed by atoms with Crippen molar-refractivity contribution in [3.63, 3.8) is 0 Å². The molecule has 0 radical (unpaired) electrons. The second-order valence-corrected chi connectivity index (χ2v) is 5.27. The summed E-state index contributed by atoms with van der Waals surface area (Å²) in [6, 6.07) is 10.8. The fourth-order valence-corrected chi connectivity index (χ4v) is 3.67. The molecule has 0 atom stereocenters. The van der Waals surface area contributed by atoms with Gasteiger partial charge in [-0.15, -0.1) is 0 Å². The molecule has 0 fully saturated rings. The van der Waals surface area contributed by atoms with Crippen molar-refractivity contribution in [1.29, 1.82) is 0 Å². The maximum atomic E-state index is 2.50. The van der Waals surface area contributed by atoms with Crippen LogP contribution in [0.25, 0.3) is 0 Å². The second kappa shape index (κ2) is 7.05. The summed E-state index contributed by atoms with van der Waals surface area (Å²) in [5, 5.41) is 1.27. The number of hydrogen-bond acceptors (Lipinski definition) is 1. The Morgan fingerprint density at radius 1 is 1.07 bits per heavy atom. The summed E-state index contributed by atoms with van der Waals surface area (Å²) in [6.07, 6.45) is 0. The zero-order chi connectivity index (χ0) is 10.2. The van der Waals surface area contributed by atoms with Crippen LogP contribution in [0.2, 0.25) is 0 Å². The third kappa shape index (κ3) is 4.28. The van der Waals surface area contributed by atoms with Gasteiger partial charge in [-0.25, -0.2) is 0 Å². The van der Waals surface area contributed by atoms with Crippen LogP contribution in [0.3, 0.4) is 0 Å². The summed E-state index contributed by atoms with van der Waals surface area (Å²) in [7, 11) is 0. The first-order valence-corrected chi connectivity index (χ1v) is 7.63. The monoisotopic (exact) mass is 257 g/mol. The van der Waals surface area contributed by atoms with Gasteiger partial charge in [0.2, 0.25) is 0 Å². The van der Waals surface area contributed by atoms with E-state index in [1.165, 1.54) is 29.4 Å². The van der Waals surface area contributed by atoms with Crippen molar-refractivity contribution in [3.8, 4) is 0 Å². The molecule has 0 aliphatic carbocycles. The molecular weight excluding hydrogens is 237 g/mol. The van der Waals surface area contributed by atoms with Crippen LogP contribution in [-0.2, 0) is 5.32 Å². The third-order valence-electron chi connectivity index (χ3n) is 2.28. The van der Waals surface area contributed by atoms with Gasteiger partial charge in [0.25, 0.3) is 0 Å². The summed E-state index contributed by atoms with van der Waals surface area (Å²) < 4.78 is 0. The average Bonchev–Trinajstić information content (AvgIpc) is 2.26. The molecule has 0 saturated carbocycles. The van der Waals surface area contributed by atoms with Crippen LogP contribution in [0.5, 0.6) is 0 Å². The standard InChI is InChI=1S/C12H19NSe/c1-3-13(4-2)11-14-10-12-8-6-5-7-9-12/h5-9H,3-4,10-11H2,1-2H3. The predicted molar refractivity (Wildman–Crippen MR) is 63.7 cm³/mol. The molecule has 0 bridgehead atoms. The van der Waals surface area contributed by atoms with Crippen LogP contribution in [0.4, 0.5) is 0 Å². The van der Waals surface area contributed by atoms with Gasteiger partial charge in [0.05, 0.1) is 0 Å². The van der Waals surface area contributed by atoms with Gasteiger partial charge in [0.1, 0.15) is 0 Å². The minimum atomic E-state index is 0.730. The topological polar surface area (TPSA) is 3.24 Å². The summed E-state index contributed by atoms with van der Waals surface area (Å²) in [5.41, 5.74) is 2.77. The van der Waals surface area contributed by atoms with Crippen LogP contribution in [0.15, 0.2) is 30.3 Å². The molecule has 0 amide bonds. The predicted octanol–water partition coefficient (Wildman–Crippen LogP) is 2.19. The fraction of sp³-hybridized carbons (Fsp3) is 0.500. The zero-order valence-electron chi connectivity index (χ0n) is 9.07. The van der Waals surface area contributed by atoms with E-state index in [1.54, 1.807) is 0 Å². The summed E-state index contributed by atoms with van der Waals surface area (Å²) in [5.74, 6) is 0. The van der Waals surface area contributed by atoms with Crippen LogP contribution in [-0.4, -0.2) is 38.4 Å². The van der Waals surface area contributed by atoms with Crippen molar-refractivity contribution in [1.82, 2.24) is 4.90 Å². The molecular formula is C12H19NSe. The van der Waals surface area contributed by atoms with Crippen molar-refractivity contribution in [2.75, 3.05) is 18.5 Å². The number of benzene rings is 1. The molecule has 0 saturated heterocycles. The van der Waals surface area contributed by atoms with E-state index in [4.69, 9.17) is 0 Å². The third-order valence-corrected chi connectivity index (χ3v) is 4.56. The van der Waals surface area contributed by atoms with Crippen LogP contribution in [0, 0.1) is 0 Å². The van der Waals surface area contributed by atoms with Gasteiger partial charge in [0.15, 0.2) is 0 Å². The summed E-state index contributed by atoms with van der Waals surface area (Å²) in [4.78, 5) is 2.50. The van der Waals surface area contributed by atoms with Crippen LogP contribution in [0.1, 0.15) is 19.4 Å². The molecule has 14 heavy (non-hydrogen) atoms. The van der Waals surface area contributed by atoms with Gasteiger partial charge in [-0.1, -0.05) is 0 Å². The van der Waals surface area contributed by atoms with E-state index in [1.807, 2.05) is 0 Å². The van der Waals surface area contributed by atoms with Gasteiger partial charge in [-0.05, 0) is 0 Å². The molecule has 1 aromatic carbocycles. The first-order valence-electron chi connectivity index (χ1n) is 5.20. The van der Waals surface area contributed by atoms with E-state index >= 15 is 0 Å². The molecule has 1 rings (SSSR count). The van der Waals surface area contributed by atoms with E-state index in [9.17, 15) is 0 Å². The van der Waals surface area contributed by atoms with Crippen molar-refractivity contribution >= 4 is 15.0 Å².